The number of carbonyl (C=O) groups excluding carboxylic acids is 3. The second-order valence-electron chi connectivity index (χ2n) is 8.49. The van der Waals surface area contributed by atoms with E-state index in [0.29, 0.717) is 22.1 Å². The second-order valence-corrected chi connectivity index (χ2v) is 10.3. The first kappa shape index (κ1) is 28.5. The first-order chi connectivity index (χ1) is 19.3. The van der Waals surface area contributed by atoms with Gasteiger partial charge in [0.15, 0.2) is 0 Å². The minimum absolute atomic E-state index is 0.126. The summed E-state index contributed by atoms with van der Waals surface area (Å²) in [6.45, 7) is 1.76. The van der Waals surface area contributed by atoms with Crippen LogP contribution in [0.25, 0.3) is 6.08 Å². The molecule has 0 saturated heterocycles. The maximum Gasteiger partial charge on any atom is 0.272 e. The molecule has 10 heteroatoms. The Morgan fingerprint density at radius 1 is 0.900 bits per heavy atom. The minimum Gasteiger partial charge on any atom is -0.321 e. The van der Waals surface area contributed by atoms with Gasteiger partial charge in [-0.05, 0) is 67.6 Å². The second kappa shape index (κ2) is 13.5. The molecule has 3 amide bonds. The van der Waals surface area contributed by atoms with E-state index in [2.05, 4.69) is 20.9 Å². The lowest BCUT2D eigenvalue weighted by Gasteiger charge is -2.13. The number of anilines is 2. The van der Waals surface area contributed by atoms with Crippen LogP contribution in [0.15, 0.2) is 108 Å². The monoisotopic (exact) mass is 574 g/mol. The van der Waals surface area contributed by atoms with Crippen LogP contribution in [0.4, 0.5) is 15.9 Å². The summed E-state index contributed by atoms with van der Waals surface area (Å²) >= 11 is 7.16. The molecule has 1 unspecified atom stereocenters. The van der Waals surface area contributed by atoms with Crippen molar-refractivity contribution in [3.05, 3.63) is 125 Å². The molecule has 0 saturated carbocycles. The summed E-state index contributed by atoms with van der Waals surface area (Å²) in [5.74, 6) is -1.50. The van der Waals surface area contributed by atoms with Gasteiger partial charge < -0.3 is 16.0 Å². The lowest BCUT2D eigenvalue weighted by atomic mass is 10.1. The van der Waals surface area contributed by atoms with Gasteiger partial charge in [-0.15, -0.1) is 11.8 Å². The molecule has 0 aliphatic heterocycles. The Hall–Kier alpha value is -4.47. The predicted octanol–water partition coefficient (Wildman–Crippen LogP) is 6.40. The molecule has 0 spiro atoms. The van der Waals surface area contributed by atoms with E-state index in [4.69, 9.17) is 11.6 Å². The Morgan fingerprint density at radius 2 is 1.60 bits per heavy atom. The SMILES string of the molecule is CC(Sc1ccc(NC(=O)/C(=C/c2ccccc2F)NC(=O)c2ccccc2)cc1)C(=O)Nc1ccc(Cl)cn1. The van der Waals surface area contributed by atoms with Crippen molar-refractivity contribution in [3.8, 4) is 0 Å². The Balaban J connectivity index is 1.43. The average molecular weight is 575 g/mol. The van der Waals surface area contributed by atoms with E-state index in [1.54, 1.807) is 79.7 Å². The molecule has 0 aliphatic rings. The molecule has 4 aromatic rings. The van der Waals surface area contributed by atoms with Crippen molar-refractivity contribution in [2.24, 2.45) is 0 Å². The maximum atomic E-state index is 14.3. The summed E-state index contributed by atoms with van der Waals surface area (Å²) in [6.07, 6.45) is 2.73. The molecule has 1 aromatic heterocycles. The number of thioether (sulfide) groups is 1. The van der Waals surface area contributed by atoms with Crippen LogP contribution in [-0.2, 0) is 9.59 Å². The molecule has 3 N–H and O–H groups in total. The molecule has 1 heterocycles. The fourth-order valence-electron chi connectivity index (χ4n) is 3.44. The number of hydrogen-bond acceptors (Lipinski definition) is 5. The van der Waals surface area contributed by atoms with Gasteiger partial charge >= 0.3 is 0 Å². The third-order valence-corrected chi connectivity index (χ3v) is 6.84. The Morgan fingerprint density at radius 3 is 2.27 bits per heavy atom. The van der Waals surface area contributed by atoms with Crippen molar-refractivity contribution in [1.29, 1.82) is 0 Å². The van der Waals surface area contributed by atoms with Gasteiger partial charge in [0.2, 0.25) is 5.91 Å². The van der Waals surface area contributed by atoms with Gasteiger partial charge in [-0.3, -0.25) is 14.4 Å². The molecule has 0 radical (unpaired) electrons. The highest BCUT2D eigenvalue weighted by atomic mass is 35.5. The van der Waals surface area contributed by atoms with Crippen LogP contribution >= 0.6 is 23.4 Å². The molecule has 202 valence electrons. The van der Waals surface area contributed by atoms with Crippen molar-refractivity contribution in [1.82, 2.24) is 10.3 Å². The van der Waals surface area contributed by atoms with Crippen LogP contribution in [-0.4, -0.2) is 28.0 Å². The fraction of sp³-hybridized carbons (Fsp3) is 0.0667. The van der Waals surface area contributed by atoms with Crippen molar-refractivity contribution < 1.29 is 18.8 Å². The molecule has 0 aliphatic carbocycles. The van der Waals surface area contributed by atoms with Crippen molar-refractivity contribution in [2.75, 3.05) is 10.6 Å². The zero-order valence-electron chi connectivity index (χ0n) is 21.2. The quantitative estimate of drug-likeness (QED) is 0.159. The van der Waals surface area contributed by atoms with Gasteiger partial charge in [0.1, 0.15) is 17.3 Å². The Kier molecular flexibility index (Phi) is 9.66. The topological polar surface area (TPSA) is 100 Å². The number of nitrogens with zero attached hydrogens (tertiary/aromatic N) is 1. The number of hydrogen-bond donors (Lipinski definition) is 3. The van der Waals surface area contributed by atoms with Crippen LogP contribution < -0.4 is 16.0 Å². The molecule has 40 heavy (non-hydrogen) atoms. The Labute approximate surface area is 239 Å². The molecular weight excluding hydrogens is 551 g/mol. The van der Waals surface area contributed by atoms with Gasteiger partial charge in [-0.1, -0.05) is 48.0 Å². The number of rotatable bonds is 9. The lowest BCUT2D eigenvalue weighted by molar-refractivity contribution is -0.115. The number of halogens is 2. The zero-order chi connectivity index (χ0) is 28.5. The zero-order valence-corrected chi connectivity index (χ0v) is 22.8. The highest BCUT2D eigenvalue weighted by molar-refractivity contribution is 8.00. The third-order valence-electron chi connectivity index (χ3n) is 5.51. The molecule has 3 aromatic carbocycles. The summed E-state index contributed by atoms with van der Waals surface area (Å²) < 4.78 is 14.3. The van der Waals surface area contributed by atoms with Crippen molar-refractivity contribution >= 4 is 58.7 Å². The van der Waals surface area contributed by atoms with E-state index in [1.165, 1.54) is 42.2 Å². The highest BCUT2D eigenvalue weighted by Crippen LogP contribution is 2.26. The normalized spacial score (nSPS) is 11.8. The van der Waals surface area contributed by atoms with E-state index in [9.17, 15) is 18.8 Å². The third kappa shape index (κ3) is 8.02. The first-order valence-corrected chi connectivity index (χ1v) is 13.4. The van der Waals surface area contributed by atoms with E-state index in [1.807, 2.05) is 0 Å². The first-order valence-electron chi connectivity index (χ1n) is 12.1. The van der Waals surface area contributed by atoms with E-state index >= 15 is 0 Å². The number of aromatic nitrogens is 1. The summed E-state index contributed by atoms with van der Waals surface area (Å²) in [7, 11) is 0. The smallest absolute Gasteiger partial charge is 0.272 e. The lowest BCUT2D eigenvalue weighted by Crippen LogP contribution is -2.30. The molecule has 0 fully saturated rings. The van der Waals surface area contributed by atoms with Crippen LogP contribution in [0.3, 0.4) is 0 Å². The van der Waals surface area contributed by atoms with E-state index < -0.39 is 22.9 Å². The number of nitrogens with one attached hydrogen (secondary N) is 3. The van der Waals surface area contributed by atoms with Gasteiger partial charge in [0, 0.05) is 27.9 Å². The molecular formula is C30H24ClFN4O3S. The van der Waals surface area contributed by atoms with Gasteiger partial charge in [-0.2, -0.15) is 0 Å². The number of benzene rings is 3. The largest absolute Gasteiger partial charge is 0.321 e. The summed E-state index contributed by atoms with van der Waals surface area (Å²) in [6, 6.07) is 24.4. The van der Waals surface area contributed by atoms with Crippen molar-refractivity contribution in [2.45, 2.75) is 17.1 Å². The predicted molar refractivity (Wildman–Crippen MR) is 157 cm³/mol. The molecule has 1 atom stereocenters. The van der Waals surface area contributed by atoms with Gasteiger partial charge in [0.05, 0.1) is 10.3 Å². The van der Waals surface area contributed by atoms with E-state index in [-0.39, 0.29) is 17.2 Å². The molecule has 0 bridgehead atoms. The van der Waals surface area contributed by atoms with Gasteiger partial charge in [-0.25, -0.2) is 9.37 Å². The average Bonchev–Trinajstić information content (AvgIpc) is 2.96. The maximum absolute atomic E-state index is 14.3. The number of amides is 3. The van der Waals surface area contributed by atoms with Gasteiger partial charge in [0.25, 0.3) is 11.8 Å². The van der Waals surface area contributed by atoms with Crippen molar-refractivity contribution in [3.63, 3.8) is 0 Å². The number of carbonyl (C=O) groups is 3. The Bertz CT molecular complexity index is 1530. The minimum atomic E-state index is -0.629. The molecule has 7 nitrogen and oxygen atoms in total. The van der Waals surface area contributed by atoms with Crippen LogP contribution in [0.5, 0.6) is 0 Å². The van der Waals surface area contributed by atoms with E-state index in [0.717, 1.165) is 4.90 Å². The van der Waals surface area contributed by atoms with Crippen LogP contribution in [0, 0.1) is 5.82 Å². The summed E-state index contributed by atoms with van der Waals surface area (Å²) in [4.78, 5) is 43.3. The van der Waals surface area contributed by atoms with Crippen LogP contribution in [0.1, 0.15) is 22.8 Å². The van der Waals surface area contributed by atoms with Crippen LogP contribution in [0.2, 0.25) is 5.02 Å². The fourth-order valence-corrected chi connectivity index (χ4v) is 4.42. The molecule has 4 rings (SSSR count). The summed E-state index contributed by atoms with van der Waals surface area (Å²) in [5.41, 5.74) is 0.818. The highest BCUT2D eigenvalue weighted by Gasteiger charge is 2.17. The number of pyridine rings is 1. The standard InChI is InChI=1S/C30H24ClFN4O3S/c1-19(28(37)36-27-16-11-22(31)18-33-27)40-24-14-12-23(13-15-24)34-30(39)26(17-21-9-5-6-10-25(21)32)35-29(38)20-7-3-2-4-8-20/h2-19H,1H3,(H,34,39)(H,35,38)(H,33,36,37)/b26-17-. The summed E-state index contributed by atoms with van der Waals surface area (Å²) in [5, 5.41) is 8.09.